The summed E-state index contributed by atoms with van der Waals surface area (Å²) in [5.74, 6) is 0. The molecule has 13 heavy (non-hydrogen) atoms. The first kappa shape index (κ1) is 9.44. The third-order valence-electron chi connectivity index (χ3n) is 2.78. The van der Waals surface area contributed by atoms with Crippen LogP contribution in [0, 0.1) is 0 Å². The molecule has 2 heterocycles. The van der Waals surface area contributed by atoms with Crippen LogP contribution in [0.1, 0.15) is 32.6 Å². The zero-order valence-corrected chi connectivity index (χ0v) is 8.29. The van der Waals surface area contributed by atoms with Crippen molar-refractivity contribution in [2.75, 3.05) is 13.2 Å². The average Bonchev–Trinajstić information content (AvgIpc) is 2.53. The second kappa shape index (κ2) is 4.40. The lowest BCUT2D eigenvalue weighted by Gasteiger charge is -2.24. The van der Waals surface area contributed by atoms with E-state index >= 15 is 0 Å². The highest BCUT2D eigenvalue weighted by molar-refractivity contribution is 4.74. The van der Waals surface area contributed by atoms with Crippen LogP contribution in [0.15, 0.2) is 0 Å². The van der Waals surface area contributed by atoms with E-state index < -0.39 is 0 Å². The SMILES string of the molecule is CC1CNC(CC2CCCCO2)O1. The summed E-state index contributed by atoms with van der Waals surface area (Å²) in [5.41, 5.74) is 0. The zero-order valence-electron chi connectivity index (χ0n) is 8.29. The van der Waals surface area contributed by atoms with E-state index in [4.69, 9.17) is 9.47 Å². The molecule has 0 aromatic heterocycles. The summed E-state index contributed by atoms with van der Waals surface area (Å²) in [6.07, 6.45) is 5.79. The molecular formula is C10H19NO2. The van der Waals surface area contributed by atoms with Gasteiger partial charge in [0.25, 0.3) is 0 Å². The zero-order chi connectivity index (χ0) is 9.10. The standard InChI is InChI=1S/C10H19NO2/c1-8-7-11-10(13-8)6-9-4-2-3-5-12-9/h8-11H,2-7H2,1H3. The molecule has 0 aliphatic carbocycles. The predicted octanol–water partition coefficient (Wildman–Crippen LogP) is 1.28. The van der Waals surface area contributed by atoms with Gasteiger partial charge >= 0.3 is 0 Å². The Kier molecular flexibility index (Phi) is 3.19. The van der Waals surface area contributed by atoms with E-state index in [9.17, 15) is 0 Å². The van der Waals surface area contributed by atoms with Crippen LogP contribution in [0.25, 0.3) is 0 Å². The van der Waals surface area contributed by atoms with Crippen molar-refractivity contribution in [2.24, 2.45) is 0 Å². The number of hydrogen-bond donors (Lipinski definition) is 1. The van der Waals surface area contributed by atoms with E-state index in [0.717, 1.165) is 19.6 Å². The Morgan fingerprint density at radius 1 is 1.38 bits per heavy atom. The predicted molar refractivity (Wildman–Crippen MR) is 50.5 cm³/mol. The molecule has 0 aromatic rings. The van der Waals surface area contributed by atoms with Gasteiger partial charge in [-0.15, -0.1) is 0 Å². The van der Waals surface area contributed by atoms with E-state index in [-0.39, 0.29) is 6.23 Å². The first-order valence-corrected chi connectivity index (χ1v) is 5.35. The first-order chi connectivity index (χ1) is 6.34. The molecule has 0 saturated carbocycles. The summed E-state index contributed by atoms with van der Waals surface area (Å²) in [4.78, 5) is 0. The van der Waals surface area contributed by atoms with E-state index in [2.05, 4.69) is 12.2 Å². The minimum atomic E-state index is 0.234. The molecular weight excluding hydrogens is 166 g/mol. The molecule has 0 amide bonds. The van der Waals surface area contributed by atoms with E-state index in [1.165, 1.54) is 19.3 Å². The molecule has 2 aliphatic rings. The largest absolute Gasteiger partial charge is 0.378 e. The van der Waals surface area contributed by atoms with E-state index in [1.807, 2.05) is 0 Å². The molecule has 3 nitrogen and oxygen atoms in total. The summed E-state index contributed by atoms with van der Waals surface area (Å²) in [6.45, 7) is 4.03. The molecule has 2 fully saturated rings. The Bertz CT molecular complexity index is 154. The van der Waals surface area contributed by atoms with Crippen LogP contribution in [-0.2, 0) is 9.47 Å². The van der Waals surface area contributed by atoms with Gasteiger partial charge in [0.05, 0.1) is 12.2 Å². The van der Waals surface area contributed by atoms with Crippen molar-refractivity contribution in [1.82, 2.24) is 5.32 Å². The van der Waals surface area contributed by atoms with Crippen molar-refractivity contribution >= 4 is 0 Å². The van der Waals surface area contributed by atoms with Crippen LogP contribution >= 0.6 is 0 Å². The van der Waals surface area contributed by atoms with Gasteiger partial charge in [0.1, 0.15) is 6.23 Å². The number of rotatable bonds is 2. The molecule has 0 bridgehead atoms. The van der Waals surface area contributed by atoms with Crippen LogP contribution in [0.4, 0.5) is 0 Å². The Morgan fingerprint density at radius 3 is 2.92 bits per heavy atom. The topological polar surface area (TPSA) is 30.5 Å². The molecule has 76 valence electrons. The fraction of sp³-hybridized carbons (Fsp3) is 1.00. The molecule has 1 N–H and O–H groups in total. The maximum absolute atomic E-state index is 5.67. The van der Waals surface area contributed by atoms with Gasteiger partial charge in [0, 0.05) is 19.6 Å². The minimum Gasteiger partial charge on any atom is -0.378 e. The summed E-state index contributed by atoms with van der Waals surface area (Å²) < 4.78 is 11.3. The van der Waals surface area contributed by atoms with E-state index in [0.29, 0.717) is 12.2 Å². The molecule has 3 atom stereocenters. The van der Waals surface area contributed by atoms with Gasteiger partial charge in [0.15, 0.2) is 0 Å². The van der Waals surface area contributed by atoms with Crippen LogP contribution in [0.3, 0.4) is 0 Å². The van der Waals surface area contributed by atoms with Crippen LogP contribution in [0.2, 0.25) is 0 Å². The highest BCUT2D eigenvalue weighted by atomic mass is 16.5. The lowest BCUT2D eigenvalue weighted by molar-refractivity contribution is -0.0356. The Morgan fingerprint density at radius 2 is 2.31 bits per heavy atom. The maximum Gasteiger partial charge on any atom is 0.111 e. The van der Waals surface area contributed by atoms with Gasteiger partial charge in [0.2, 0.25) is 0 Å². The summed E-state index contributed by atoms with van der Waals surface area (Å²) in [7, 11) is 0. The molecule has 0 spiro atoms. The Balaban J connectivity index is 1.71. The molecule has 2 rings (SSSR count). The second-order valence-corrected chi connectivity index (χ2v) is 4.07. The van der Waals surface area contributed by atoms with Gasteiger partial charge < -0.3 is 9.47 Å². The van der Waals surface area contributed by atoms with Crippen molar-refractivity contribution in [2.45, 2.75) is 51.0 Å². The third kappa shape index (κ3) is 2.66. The third-order valence-corrected chi connectivity index (χ3v) is 2.78. The average molecular weight is 185 g/mol. The first-order valence-electron chi connectivity index (χ1n) is 5.35. The lowest BCUT2D eigenvalue weighted by atomic mass is 10.1. The highest BCUT2D eigenvalue weighted by Gasteiger charge is 2.25. The normalized spacial score (nSPS) is 40.8. The summed E-state index contributed by atoms with van der Waals surface area (Å²) in [5, 5.41) is 3.35. The number of ether oxygens (including phenoxy) is 2. The van der Waals surface area contributed by atoms with Crippen molar-refractivity contribution in [3.8, 4) is 0 Å². The van der Waals surface area contributed by atoms with Crippen molar-refractivity contribution in [3.05, 3.63) is 0 Å². The molecule has 2 saturated heterocycles. The van der Waals surface area contributed by atoms with Gasteiger partial charge in [-0.3, -0.25) is 5.32 Å². The lowest BCUT2D eigenvalue weighted by Crippen LogP contribution is -2.30. The summed E-state index contributed by atoms with van der Waals surface area (Å²) >= 11 is 0. The molecule has 2 aliphatic heterocycles. The van der Waals surface area contributed by atoms with Crippen LogP contribution in [0.5, 0.6) is 0 Å². The molecule has 0 aromatic carbocycles. The smallest absolute Gasteiger partial charge is 0.111 e. The quantitative estimate of drug-likeness (QED) is 0.703. The van der Waals surface area contributed by atoms with Gasteiger partial charge in [-0.2, -0.15) is 0 Å². The molecule has 3 heteroatoms. The fourth-order valence-corrected chi connectivity index (χ4v) is 2.05. The Hall–Kier alpha value is -0.120. The van der Waals surface area contributed by atoms with Gasteiger partial charge in [-0.1, -0.05) is 0 Å². The van der Waals surface area contributed by atoms with Crippen molar-refractivity contribution in [3.63, 3.8) is 0 Å². The molecule has 0 radical (unpaired) electrons. The van der Waals surface area contributed by atoms with Crippen molar-refractivity contribution in [1.29, 1.82) is 0 Å². The fourth-order valence-electron chi connectivity index (χ4n) is 2.05. The highest BCUT2D eigenvalue weighted by Crippen LogP contribution is 2.19. The van der Waals surface area contributed by atoms with Crippen molar-refractivity contribution < 1.29 is 9.47 Å². The van der Waals surface area contributed by atoms with E-state index in [1.54, 1.807) is 0 Å². The number of hydrogen-bond acceptors (Lipinski definition) is 3. The van der Waals surface area contributed by atoms with Crippen LogP contribution < -0.4 is 5.32 Å². The Labute approximate surface area is 79.8 Å². The number of nitrogens with one attached hydrogen (secondary N) is 1. The minimum absolute atomic E-state index is 0.234. The molecule has 3 unspecified atom stereocenters. The maximum atomic E-state index is 5.67. The van der Waals surface area contributed by atoms with Gasteiger partial charge in [-0.25, -0.2) is 0 Å². The monoisotopic (exact) mass is 185 g/mol. The van der Waals surface area contributed by atoms with Crippen LogP contribution in [-0.4, -0.2) is 31.6 Å². The van der Waals surface area contributed by atoms with Gasteiger partial charge in [-0.05, 0) is 26.2 Å². The second-order valence-electron chi connectivity index (χ2n) is 4.07. The summed E-state index contributed by atoms with van der Waals surface area (Å²) in [6, 6.07) is 0.